The van der Waals surface area contributed by atoms with E-state index in [1.54, 1.807) is 6.20 Å². The molecular weight excluding hydrogens is 427 g/mol. The van der Waals surface area contributed by atoms with Gasteiger partial charge in [0.15, 0.2) is 5.65 Å². The van der Waals surface area contributed by atoms with Gasteiger partial charge in [0.1, 0.15) is 12.3 Å². The van der Waals surface area contributed by atoms with Gasteiger partial charge >= 0.3 is 12.1 Å². The van der Waals surface area contributed by atoms with Crippen molar-refractivity contribution in [1.29, 1.82) is 0 Å². The predicted molar refractivity (Wildman–Crippen MR) is 110 cm³/mol. The van der Waals surface area contributed by atoms with E-state index in [0.29, 0.717) is 11.2 Å². The van der Waals surface area contributed by atoms with Crippen LogP contribution in [0.4, 0.5) is 18.9 Å². The molecule has 1 aliphatic heterocycles. The van der Waals surface area contributed by atoms with Crippen LogP contribution < -0.4 is 20.6 Å². The fourth-order valence-electron chi connectivity index (χ4n) is 3.66. The second kappa shape index (κ2) is 8.93. The quantitative estimate of drug-likeness (QED) is 0.626. The van der Waals surface area contributed by atoms with Gasteiger partial charge in [0.05, 0.1) is 0 Å². The minimum Gasteiger partial charge on any atom is -0.406 e. The molecule has 11 heteroatoms. The number of piperidine rings is 1. The molecule has 2 aromatic heterocycles. The zero-order valence-electron chi connectivity index (χ0n) is 17.1. The van der Waals surface area contributed by atoms with Gasteiger partial charge in [-0.2, -0.15) is 0 Å². The smallest absolute Gasteiger partial charge is 0.406 e. The van der Waals surface area contributed by atoms with Crippen LogP contribution in [0.3, 0.4) is 0 Å². The van der Waals surface area contributed by atoms with E-state index in [9.17, 15) is 22.8 Å². The summed E-state index contributed by atoms with van der Waals surface area (Å²) in [4.78, 5) is 27.1. The molecule has 1 saturated heterocycles. The number of carbonyl (C=O) groups is 1. The van der Waals surface area contributed by atoms with Crippen molar-refractivity contribution in [2.45, 2.75) is 38.7 Å². The van der Waals surface area contributed by atoms with Gasteiger partial charge in [-0.05, 0) is 43.0 Å². The molecule has 0 unspecified atom stereocenters. The normalized spacial score (nSPS) is 14.5. The lowest BCUT2D eigenvalue weighted by Gasteiger charge is -2.28. The number of nitrogens with zero attached hydrogens (tertiary/aromatic N) is 4. The molecule has 0 atom stereocenters. The van der Waals surface area contributed by atoms with Crippen molar-refractivity contribution in [3.8, 4) is 5.75 Å². The standard InChI is InChI=1S/C21H22F3N5O3/c22-21(23,24)32-17-6-4-15(5-7-17)13-25-19(30)14-29-20(31)28-11-8-16(12-18(28)26-29)27-9-2-1-3-10-27/h4-8,11-12H,1-3,9-10,13-14H2,(H,25,30). The Bertz CT molecular complexity index is 1150. The number of ether oxygens (including phenoxy) is 1. The fraction of sp³-hybridized carbons (Fsp3) is 0.381. The van der Waals surface area contributed by atoms with Crippen LogP contribution >= 0.6 is 0 Å². The third-order valence-corrected chi connectivity index (χ3v) is 5.23. The first kappa shape index (κ1) is 21.7. The molecule has 170 valence electrons. The van der Waals surface area contributed by atoms with Crippen molar-refractivity contribution in [3.05, 3.63) is 58.6 Å². The van der Waals surface area contributed by atoms with E-state index in [1.807, 2.05) is 12.1 Å². The summed E-state index contributed by atoms with van der Waals surface area (Å²) in [5.41, 5.74) is 1.62. The van der Waals surface area contributed by atoms with Crippen LogP contribution in [0.25, 0.3) is 5.65 Å². The first-order valence-electron chi connectivity index (χ1n) is 10.2. The number of benzene rings is 1. The minimum absolute atomic E-state index is 0.0896. The lowest BCUT2D eigenvalue weighted by Crippen LogP contribution is -2.32. The van der Waals surface area contributed by atoms with Crippen LogP contribution in [-0.2, 0) is 17.9 Å². The summed E-state index contributed by atoms with van der Waals surface area (Å²) in [6, 6.07) is 8.88. The van der Waals surface area contributed by atoms with E-state index >= 15 is 0 Å². The number of hydrogen-bond acceptors (Lipinski definition) is 5. The van der Waals surface area contributed by atoms with Gasteiger partial charge in [-0.25, -0.2) is 9.48 Å². The molecule has 1 fully saturated rings. The summed E-state index contributed by atoms with van der Waals surface area (Å²) >= 11 is 0. The Morgan fingerprint density at radius 3 is 2.50 bits per heavy atom. The highest BCUT2D eigenvalue weighted by Crippen LogP contribution is 2.23. The number of nitrogens with one attached hydrogen (secondary N) is 1. The van der Waals surface area contributed by atoms with E-state index in [-0.39, 0.29) is 18.8 Å². The van der Waals surface area contributed by atoms with Crippen LogP contribution in [0.2, 0.25) is 0 Å². The molecule has 32 heavy (non-hydrogen) atoms. The van der Waals surface area contributed by atoms with Crippen molar-refractivity contribution in [3.63, 3.8) is 0 Å². The van der Waals surface area contributed by atoms with Crippen LogP contribution in [0.1, 0.15) is 24.8 Å². The van der Waals surface area contributed by atoms with E-state index in [1.165, 1.54) is 35.1 Å². The topological polar surface area (TPSA) is 80.9 Å². The Balaban J connectivity index is 1.38. The monoisotopic (exact) mass is 449 g/mol. The third-order valence-electron chi connectivity index (χ3n) is 5.23. The second-order valence-electron chi connectivity index (χ2n) is 7.57. The van der Waals surface area contributed by atoms with Gasteiger partial charge in [-0.1, -0.05) is 12.1 Å². The average molecular weight is 449 g/mol. The number of amides is 1. The number of aromatic nitrogens is 3. The van der Waals surface area contributed by atoms with Gasteiger partial charge < -0.3 is 15.0 Å². The molecule has 1 aromatic carbocycles. The summed E-state index contributed by atoms with van der Waals surface area (Å²) in [6.07, 6.45) is 0.377. The second-order valence-corrected chi connectivity index (χ2v) is 7.57. The highest BCUT2D eigenvalue weighted by atomic mass is 19.4. The molecule has 4 rings (SSSR count). The zero-order valence-corrected chi connectivity index (χ0v) is 17.1. The maximum absolute atomic E-state index is 12.5. The van der Waals surface area contributed by atoms with Gasteiger partial charge in [0.2, 0.25) is 5.91 Å². The maximum atomic E-state index is 12.5. The lowest BCUT2D eigenvalue weighted by molar-refractivity contribution is -0.274. The molecule has 0 aliphatic carbocycles. The summed E-state index contributed by atoms with van der Waals surface area (Å²) in [5.74, 6) is -0.782. The lowest BCUT2D eigenvalue weighted by atomic mass is 10.1. The van der Waals surface area contributed by atoms with Crippen LogP contribution in [-0.4, -0.2) is 39.5 Å². The van der Waals surface area contributed by atoms with Gasteiger partial charge in [-0.3, -0.25) is 9.20 Å². The molecular formula is C21H22F3N5O3. The van der Waals surface area contributed by atoms with E-state index in [0.717, 1.165) is 36.3 Å². The first-order chi connectivity index (χ1) is 15.3. The number of rotatable bonds is 6. The number of halogens is 3. The number of pyridine rings is 1. The Labute approximate surface area is 181 Å². The Morgan fingerprint density at radius 1 is 1.09 bits per heavy atom. The minimum atomic E-state index is -4.76. The summed E-state index contributed by atoms with van der Waals surface area (Å²) in [7, 11) is 0. The van der Waals surface area contributed by atoms with Crippen molar-refractivity contribution in [2.24, 2.45) is 0 Å². The van der Waals surface area contributed by atoms with Crippen LogP contribution in [0.15, 0.2) is 47.4 Å². The largest absolute Gasteiger partial charge is 0.573 e. The van der Waals surface area contributed by atoms with Crippen molar-refractivity contribution in [1.82, 2.24) is 19.5 Å². The van der Waals surface area contributed by atoms with Crippen molar-refractivity contribution in [2.75, 3.05) is 18.0 Å². The van der Waals surface area contributed by atoms with Gasteiger partial charge in [0, 0.05) is 37.6 Å². The van der Waals surface area contributed by atoms with Gasteiger partial charge in [-0.15, -0.1) is 18.3 Å². The molecule has 0 bridgehead atoms. The highest BCUT2D eigenvalue weighted by Gasteiger charge is 2.30. The average Bonchev–Trinajstić information content (AvgIpc) is 3.07. The van der Waals surface area contributed by atoms with Crippen molar-refractivity contribution >= 4 is 17.2 Å². The molecule has 3 aromatic rings. The number of carbonyl (C=O) groups excluding carboxylic acids is 1. The molecule has 8 nitrogen and oxygen atoms in total. The molecule has 1 N–H and O–H groups in total. The van der Waals surface area contributed by atoms with Crippen LogP contribution in [0, 0.1) is 0 Å². The van der Waals surface area contributed by atoms with E-state index < -0.39 is 18.0 Å². The number of fused-ring (bicyclic) bond motifs is 1. The Hall–Kier alpha value is -3.50. The molecule has 0 radical (unpaired) electrons. The molecule has 0 spiro atoms. The Kier molecular flexibility index (Phi) is 6.06. The van der Waals surface area contributed by atoms with Gasteiger partial charge in [0.25, 0.3) is 0 Å². The molecule has 3 heterocycles. The highest BCUT2D eigenvalue weighted by molar-refractivity contribution is 5.75. The predicted octanol–water partition coefficient (Wildman–Crippen LogP) is 2.70. The molecule has 0 saturated carbocycles. The summed E-state index contributed by atoms with van der Waals surface area (Å²) in [5, 5.41) is 6.90. The molecule has 1 aliphatic rings. The number of anilines is 1. The number of alkyl halides is 3. The van der Waals surface area contributed by atoms with Crippen LogP contribution in [0.5, 0.6) is 5.75 Å². The summed E-state index contributed by atoms with van der Waals surface area (Å²) in [6.45, 7) is 1.75. The van der Waals surface area contributed by atoms with E-state index in [4.69, 9.17) is 0 Å². The first-order valence-corrected chi connectivity index (χ1v) is 10.2. The fourth-order valence-corrected chi connectivity index (χ4v) is 3.66. The van der Waals surface area contributed by atoms with E-state index in [2.05, 4.69) is 20.1 Å². The molecule has 1 amide bonds. The third kappa shape index (κ3) is 5.21. The SMILES string of the molecule is O=C(Cn1nc2cc(N3CCCCC3)ccn2c1=O)NCc1ccc(OC(F)(F)F)cc1. The summed E-state index contributed by atoms with van der Waals surface area (Å²) < 4.78 is 42.9. The maximum Gasteiger partial charge on any atom is 0.573 e. The Morgan fingerprint density at radius 2 is 1.81 bits per heavy atom. The number of hydrogen-bond donors (Lipinski definition) is 1. The zero-order chi connectivity index (χ0) is 22.7. The van der Waals surface area contributed by atoms with Crippen molar-refractivity contribution < 1.29 is 22.7 Å².